The second-order valence-corrected chi connectivity index (χ2v) is 8.84. The molecule has 0 bridgehead atoms. The molecule has 4 rings (SSSR count). The van der Waals surface area contributed by atoms with Gasteiger partial charge < -0.3 is 9.88 Å². The summed E-state index contributed by atoms with van der Waals surface area (Å²) in [5.74, 6) is 1.23. The van der Waals surface area contributed by atoms with Crippen LogP contribution in [0.2, 0.25) is 5.02 Å². The molecule has 6 heteroatoms. The van der Waals surface area contributed by atoms with Crippen molar-refractivity contribution in [1.82, 2.24) is 19.8 Å². The van der Waals surface area contributed by atoms with Gasteiger partial charge in [0.05, 0.1) is 23.5 Å². The zero-order chi connectivity index (χ0) is 21.1. The Balaban J connectivity index is 1.40. The van der Waals surface area contributed by atoms with E-state index in [4.69, 9.17) is 16.6 Å². The molecule has 0 unspecified atom stereocenters. The van der Waals surface area contributed by atoms with Crippen molar-refractivity contribution in [2.45, 2.75) is 45.8 Å². The first kappa shape index (κ1) is 20.9. The average Bonchev–Trinajstić information content (AvgIpc) is 3.11. The first-order chi connectivity index (χ1) is 14.5. The van der Waals surface area contributed by atoms with Gasteiger partial charge in [-0.15, -0.1) is 0 Å². The molecule has 0 spiro atoms. The van der Waals surface area contributed by atoms with Crippen molar-refractivity contribution < 1.29 is 4.79 Å². The van der Waals surface area contributed by atoms with Crippen molar-refractivity contribution in [3.8, 4) is 0 Å². The van der Waals surface area contributed by atoms with E-state index in [2.05, 4.69) is 46.8 Å². The minimum atomic E-state index is 0.0166. The van der Waals surface area contributed by atoms with Crippen LogP contribution < -0.4 is 5.32 Å². The zero-order valence-corrected chi connectivity index (χ0v) is 18.4. The Hall–Kier alpha value is -2.37. The maximum Gasteiger partial charge on any atom is 0.224 e. The highest BCUT2D eigenvalue weighted by atomic mass is 35.5. The van der Waals surface area contributed by atoms with Gasteiger partial charge in [-0.2, -0.15) is 0 Å². The predicted molar refractivity (Wildman–Crippen MR) is 121 cm³/mol. The Morgan fingerprint density at radius 1 is 1.20 bits per heavy atom. The molecule has 1 saturated heterocycles. The van der Waals surface area contributed by atoms with Crippen LogP contribution in [-0.4, -0.2) is 33.4 Å². The Morgan fingerprint density at radius 2 is 1.97 bits per heavy atom. The maximum atomic E-state index is 12.8. The monoisotopic (exact) mass is 424 g/mol. The summed E-state index contributed by atoms with van der Waals surface area (Å²) in [6.45, 7) is 7.47. The van der Waals surface area contributed by atoms with Crippen LogP contribution in [0.15, 0.2) is 48.5 Å². The summed E-state index contributed by atoms with van der Waals surface area (Å²) in [7, 11) is 0. The number of hydrogen-bond donors (Lipinski definition) is 1. The number of para-hydroxylation sites is 2. The number of rotatable bonds is 6. The van der Waals surface area contributed by atoms with Gasteiger partial charge in [-0.05, 0) is 63.1 Å². The molecular weight excluding hydrogens is 396 g/mol. The quantitative estimate of drug-likeness (QED) is 0.618. The van der Waals surface area contributed by atoms with Crippen LogP contribution in [0.4, 0.5) is 0 Å². The first-order valence-corrected chi connectivity index (χ1v) is 11.1. The van der Waals surface area contributed by atoms with E-state index in [0.29, 0.717) is 17.6 Å². The van der Waals surface area contributed by atoms with Crippen molar-refractivity contribution in [2.75, 3.05) is 13.1 Å². The Kier molecular flexibility index (Phi) is 6.40. The lowest BCUT2D eigenvalue weighted by atomic mass is 9.97. The molecule has 2 heterocycles. The third kappa shape index (κ3) is 4.68. The average molecular weight is 425 g/mol. The van der Waals surface area contributed by atoms with Gasteiger partial charge in [-0.1, -0.05) is 35.9 Å². The van der Waals surface area contributed by atoms with Crippen molar-refractivity contribution in [3.05, 3.63) is 64.9 Å². The van der Waals surface area contributed by atoms with Gasteiger partial charge in [-0.3, -0.25) is 9.69 Å². The molecule has 1 fully saturated rings. The van der Waals surface area contributed by atoms with E-state index < -0.39 is 0 Å². The number of aromatic nitrogens is 2. The standard InChI is InChI=1S/C24H29ClN4O/c1-17(2)29-22-8-4-3-7-21(22)27-23(29)16-28-13-5-6-19(15-28)24(30)26-14-18-9-11-20(25)12-10-18/h3-4,7-12,17,19H,5-6,13-16H2,1-2H3,(H,26,30)/t19-/m0/s1. The number of fused-ring (bicyclic) bond motifs is 1. The van der Waals surface area contributed by atoms with E-state index >= 15 is 0 Å². The van der Waals surface area contributed by atoms with Gasteiger partial charge >= 0.3 is 0 Å². The van der Waals surface area contributed by atoms with Crippen molar-refractivity contribution in [2.24, 2.45) is 5.92 Å². The first-order valence-electron chi connectivity index (χ1n) is 10.7. The smallest absolute Gasteiger partial charge is 0.224 e. The molecule has 1 N–H and O–H groups in total. The number of carbonyl (C=O) groups is 1. The number of carbonyl (C=O) groups excluding carboxylic acids is 1. The van der Waals surface area contributed by atoms with E-state index in [1.807, 2.05) is 30.3 Å². The molecule has 0 radical (unpaired) electrons. The molecule has 1 aliphatic rings. The SMILES string of the molecule is CC(C)n1c(CN2CCC[C@H](C(=O)NCc3ccc(Cl)cc3)C2)nc2ccccc21. The van der Waals surface area contributed by atoms with Gasteiger partial charge in [0.25, 0.3) is 0 Å². The number of piperidine rings is 1. The highest BCUT2D eigenvalue weighted by Gasteiger charge is 2.27. The number of hydrogen-bond acceptors (Lipinski definition) is 3. The largest absolute Gasteiger partial charge is 0.352 e. The molecule has 5 nitrogen and oxygen atoms in total. The normalized spacial score (nSPS) is 17.5. The Bertz CT molecular complexity index is 1010. The van der Waals surface area contributed by atoms with Crippen molar-refractivity contribution in [1.29, 1.82) is 0 Å². The molecule has 3 aromatic rings. The van der Waals surface area contributed by atoms with E-state index in [1.165, 1.54) is 5.52 Å². The minimum Gasteiger partial charge on any atom is -0.352 e. The number of imidazole rings is 1. The van der Waals surface area contributed by atoms with Gasteiger partial charge in [0, 0.05) is 24.2 Å². The highest BCUT2D eigenvalue weighted by Crippen LogP contribution is 2.24. The summed E-state index contributed by atoms with van der Waals surface area (Å²) in [4.78, 5) is 20.0. The lowest BCUT2D eigenvalue weighted by Gasteiger charge is -2.32. The molecule has 2 aromatic carbocycles. The highest BCUT2D eigenvalue weighted by molar-refractivity contribution is 6.30. The van der Waals surface area contributed by atoms with E-state index in [-0.39, 0.29) is 11.8 Å². The summed E-state index contributed by atoms with van der Waals surface area (Å²) in [5, 5.41) is 3.80. The Labute approximate surface area is 183 Å². The number of amides is 1. The van der Waals surface area contributed by atoms with Crippen LogP contribution in [0.3, 0.4) is 0 Å². The predicted octanol–water partition coefficient (Wildman–Crippen LogP) is 4.80. The van der Waals surface area contributed by atoms with Crippen LogP contribution in [0.1, 0.15) is 44.1 Å². The summed E-state index contributed by atoms with van der Waals surface area (Å²) in [5.41, 5.74) is 3.28. The fraction of sp³-hybridized carbons (Fsp3) is 0.417. The van der Waals surface area contributed by atoms with Crippen LogP contribution in [0, 0.1) is 5.92 Å². The van der Waals surface area contributed by atoms with E-state index in [9.17, 15) is 4.79 Å². The summed E-state index contributed by atoms with van der Waals surface area (Å²) in [6, 6.07) is 16.3. The van der Waals surface area contributed by atoms with Crippen LogP contribution in [0.5, 0.6) is 0 Å². The summed E-state index contributed by atoms with van der Waals surface area (Å²) in [6.07, 6.45) is 1.96. The topological polar surface area (TPSA) is 50.2 Å². The fourth-order valence-corrected chi connectivity index (χ4v) is 4.46. The second-order valence-electron chi connectivity index (χ2n) is 8.40. The molecule has 1 amide bonds. The summed E-state index contributed by atoms with van der Waals surface area (Å²) >= 11 is 5.94. The number of benzene rings is 2. The molecule has 30 heavy (non-hydrogen) atoms. The molecule has 1 atom stereocenters. The van der Waals surface area contributed by atoms with Gasteiger partial charge in [0.2, 0.25) is 5.91 Å². The fourth-order valence-electron chi connectivity index (χ4n) is 4.33. The van der Waals surface area contributed by atoms with Crippen molar-refractivity contribution >= 4 is 28.5 Å². The number of nitrogens with one attached hydrogen (secondary N) is 1. The van der Waals surface area contributed by atoms with Crippen LogP contribution in [0.25, 0.3) is 11.0 Å². The maximum absolute atomic E-state index is 12.8. The number of nitrogens with zero attached hydrogens (tertiary/aromatic N) is 3. The third-order valence-electron chi connectivity index (χ3n) is 5.81. The number of likely N-dealkylation sites (tertiary alicyclic amines) is 1. The minimum absolute atomic E-state index is 0.0166. The van der Waals surface area contributed by atoms with Crippen molar-refractivity contribution in [3.63, 3.8) is 0 Å². The molecule has 1 aromatic heterocycles. The molecule has 0 aliphatic carbocycles. The molecule has 0 saturated carbocycles. The zero-order valence-electron chi connectivity index (χ0n) is 17.6. The third-order valence-corrected chi connectivity index (χ3v) is 6.06. The van der Waals surface area contributed by atoms with Gasteiger partial charge in [0.15, 0.2) is 0 Å². The lowest BCUT2D eigenvalue weighted by molar-refractivity contribution is -0.127. The van der Waals surface area contributed by atoms with Crippen LogP contribution >= 0.6 is 11.6 Å². The molecule has 1 aliphatic heterocycles. The summed E-state index contributed by atoms with van der Waals surface area (Å²) < 4.78 is 2.32. The Morgan fingerprint density at radius 3 is 2.73 bits per heavy atom. The second kappa shape index (κ2) is 9.19. The van der Waals surface area contributed by atoms with E-state index in [0.717, 1.165) is 49.4 Å². The lowest BCUT2D eigenvalue weighted by Crippen LogP contribution is -2.42. The van der Waals surface area contributed by atoms with Crippen LogP contribution in [-0.2, 0) is 17.9 Å². The molecule has 158 valence electrons. The number of halogens is 1. The van der Waals surface area contributed by atoms with Gasteiger partial charge in [0.1, 0.15) is 5.82 Å². The van der Waals surface area contributed by atoms with Gasteiger partial charge in [-0.25, -0.2) is 4.98 Å². The van der Waals surface area contributed by atoms with E-state index in [1.54, 1.807) is 0 Å². The molecular formula is C24H29ClN4O.